The first-order valence-electron chi connectivity index (χ1n) is 5.33. The van der Waals surface area contributed by atoms with E-state index in [1.807, 2.05) is 17.1 Å². The monoisotopic (exact) mass is 200 g/mol. The van der Waals surface area contributed by atoms with Gasteiger partial charge in [0.15, 0.2) is 0 Å². The van der Waals surface area contributed by atoms with E-state index in [0.717, 1.165) is 6.42 Å². The van der Waals surface area contributed by atoms with Crippen LogP contribution in [0.25, 0.3) is 5.69 Å². The number of nitrogens with zero attached hydrogens (tertiary/aromatic N) is 2. The van der Waals surface area contributed by atoms with Gasteiger partial charge in [0, 0.05) is 18.1 Å². The maximum Gasteiger partial charge on any atom is 0.0991 e. The Labute approximate surface area is 90.6 Å². The summed E-state index contributed by atoms with van der Waals surface area (Å²) in [4.78, 5) is 4.03. The Morgan fingerprint density at radius 2 is 1.93 bits per heavy atom. The van der Waals surface area contributed by atoms with Gasteiger partial charge in [-0.05, 0) is 30.0 Å². The van der Waals surface area contributed by atoms with E-state index in [4.69, 9.17) is 0 Å². The first-order valence-corrected chi connectivity index (χ1v) is 5.33. The number of aromatic nitrogens is 2. The molecule has 0 radical (unpaired) electrons. The van der Waals surface area contributed by atoms with Gasteiger partial charge < -0.3 is 4.57 Å². The summed E-state index contributed by atoms with van der Waals surface area (Å²) < 4.78 is 2.01. The molecular formula is C13H16N2. The van der Waals surface area contributed by atoms with Crippen LogP contribution in [0.3, 0.4) is 0 Å². The van der Waals surface area contributed by atoms with Gasteiger partial charge in [-0.3, -0.25) is 0 Å². The summed E-state index contributed by atoms with van der Waals surface area (Å²) in [5.74, 6) is 0.712. The Hall–Kier alpha value is -1.57. The van der Waals surface area contributed by atoms with Crippen molar-refractivity contribution < 1.29 is 0 Å². The summed E-state index contributed by atoms with van der Waals surface area (Å²) in [7, 11) is 0. The van der Waals surface area contributed by atoms with Gasteiger partial charge >= 0.3 is 0 Å². The third-order valence-corrected chi connectivity index (χ3v) is 2.38. The molecule has 0 unspecified atom stereocenters. The Morgan fingerprint density at radius 1 is 1.20 bits per heavy atom. The second-order valence-electron chi connectivity index (χ2n) is 4.23. The molecule has 0 fully saturated rings. The molecule has 15 heavy (non-hydrogen) atoms. The van der Waals surface area contributed by atoms with Gasteiger partial charge in [-0.1, -0.05) is 26.0 Å². The lowest BCUT2D eigenvalue weighted by molar-refractivity contribution is 0.647. The minimum Gasteiger partial charge on any atom is -0.306 e. The van der Waals surface area contributed by atoms with Crippen molar-refractivity contribution in [3.8, 4) is 5.69 Å². The molecule has 0 spiro atoms. The van der Waals surface area contributed by atoms with Crippen molar-refractivity contribution in [1.29, 1.82) is 0 Å². The first kappa shape index (κ1) is 9.97. The molecule has 0 saturated heterocycles. The van der Waals surface area contributed by atoms with Crippen LogP contribution in [0.1, 0.15) is 19.4 Å². The van der Waals surface area contributed by atoms with Crippen LogP contribution < -0.4 is 0 Å². The van der Waals surface area contributed by atoms with Gasteiger partial charge in [-0.25, -0.2) is 4.98 Å². The van der Waals surface area contributed by atoms with E-state index >= 15 is 0 Å². The molecule has 0 aliphatic heterocycles. The molecule has 0 amide bonds. The van der Waals surface area contributed by atoms with Crippen LogP contribution in [0.2, 0.25) is 0 Å². The molecular weight excluding hydrogens is 184 g/mol. The molecule has 2 heteroatoms. The SMILES string of the molecule is CC(C)Cc1ccc(-n2ccnc2)cc1. The Bertz CT molecular complexity index is 399. The van der Waals surface area contributed by atoms with Gasteiger partial charge in [0.25, 0.3) is 0 Å². The topological polar surface area (TPSA) is 17.8 Å². The largest absolute Gasteiger partial charge is 0.306 e. The Kier molecular flexibility index (Phi) is 2.86. The summed E-state index contributed by atoms with van der Waals surface area (Å²) in [5, 5.41) is 0. The fraction of sp³-hybridized carbons (Fsp3) is 0.308. The first-order chi connectivity index (χ1) is 7.25. The molecule has 2 aromatic rings. The fourth-order valence-electron chi connectivity index (χ4n) is 1.69. The lowest BCUT2D eigenvalue weighted by Crippen LogP contribution is -1.95. The van der Waals surface area contributed by atoms with E-state index in [1.165, 1.54) is 11.3 Å². The molecule has 2 rings (SSSR count). The average molecular weight is 200 g/mol. The predicted molar refractivity (Wildman–Crippen MR) is 62.1 cm³/mol. The van der Waals surface area contributed by atoms with Crippen LogP contribution in [0, 0.1) is 5.92 Å². The van der Waals surface area contributed by atoms with Crippen LogP contribution in [0.4, 0.5) is 0 Å². The number of hydrogen-bond donors (Lipinski definition) is 0. The number of rotatable bonds is 3. The maximum absolute atomic E-state index is 4.03. The van der Waals surface area contributed by atoms with Crippen molar-refractivity contribution in [2.24, 2.45) is 5.92 Å². The lowest BCUT2D eigenvalue weighted by Gasteiger charge is -2.06. The van der Waals surface area contributed by atoms with Crippen molar-refractivity contribution in [1.82, 2.24) is 9.55 Å². The summed E-state index contributed by atoms with van der Waals surface area (Å²) in [5.41, 5.74) is 2.56. The minimum absolute atomic E-state index is 0.712. The van der Waals surface area contributed by atoms with E-state index in [-0.39, 0.29) is 0 Å². The molecule has 1 aromatic carbocycles. The van der Waals surface area contributed by atoms with E-state index in [0.29, 0.717) is 5.92 Å². The van der Waals surface area contributed by atoms with Crippen LogP contribution in [0.5, 0.6) is 0 Å². The van der Waals surface area contributed by atoms with Gasteiger partial charge in [-0.2, -0.15) is 0 Å². The van der Waals surface area contributed by atoms with Crippen LogP contribution in [0.15, 0.2) is 43.0 Å². The predicted octanol–water partition coefficient (Wildman–Crippen LogP) is 3.07. The highest BCUT2D eigenvalue weighted by Crippen LogP contribution is 2.12. The minimum atomic E-state index is 0.712. The molecule has 78 valence electrons. The molecule has 0 atom stereocenters. The zero-order valence-electron chi connectivity index (χ0n) is 9.22. The normalized spacial score (nSPS) is 10.9. The molecule has 0 N–H and O–H groups in total. The van der Waals surface area contributed by atoms with Gasteiger partial charge in [0.2, 0.25) is 0 Å². The van der Waals surface area contributed by atoms with Crippen molar-refractivity contribution in [3.05, 3.63) is 48.5 Å². The quantitative estimate of drug-likeness (QED) is 0.744. The Balaban J connectivity index is 2.17. The summed E-state index contributed by atoms with van der Waals surface area (Å²) in [6.07, 6.45) is 6.71. The van der Waals surface area contributed by atoms with Crippen molar-refractivity contribution in [3.63, 3.8) is 0 Å². The molecule has 1 heterocycles. The number of imidazole rings is 1. The van der Waals surface area contributed by atoms with Crippen LogP contribution in [-0.4, -0.2) is 9.55 Å². The average Bonchev–Trinajstić information content (AvgIpc) is 2.71. The van der Waals surface area contributed by atoms with E-state index in [2.05, 4.69) is 43.1 Å². The van der Waals surface area contributed by atoms with Gasteiger partial charge in [0.1, 0.15) is 0 Å². The second-order valence-corrected chi connectivity index (χ2v) is 4.23. The fourth-order valence-corrected chi connectivity index (χ4v) is 1.69. The third kappa shape index (κ3) is 2.46. The standard InChI is InChI=1S/C13H16N2/c1-11(2)9-12-3-5-13(6-4-12)15-8-7-14-10-15/h3-8,10-11H,9H2,1-2H3. The number of benzene rings is 1. The third-order valence-electron chi connectivity index (χ3n) is 2.38. The zero-order chi connectivity index (χ0) is 10.7. The van der Waals surface area contributed by atoms with Crippen LogP contribution >= 0.6 is 0 Å². The molecule has 2 nitrogen and oxygen atoms in total. The molecule has 0 aliphatic carbocycles. The number of hydrogen-bond acceptors (Lipinski definition) is 1. The van der Waals surface area contributed by atoms with E-state index < -0.39 is 0 Å². The van der Waals surface area contributed by atoms with Crippen molar-refractivity contribution in [2.75, 3.05) is 0 Å². The van der Waals surface area contributed by atoms with Crippen molar-refractivity contribution >= 4 is 0 Å². The molecule has 0 aliphatic rings. The summed E-state index contributed by atoms with van der Waals surface area (Å²) in [6.45, 7) is 4.48. The highest BCUT2D eigenvalue weighted by atomic mass is 15.0. The molecule has 1 aromatic heterocycles. The lowest BCUT2D eigenvalue weighted by atomic mass is 10.0. The highest BCUT2D eigenvalue weighted by Gasteiger charge is 1.98. The summed E-state index contributed by atoms with van der Waals surface area (Å²) in [6, 6.07) is 8.66. The van der Waals surface area contributed by atoms with Gasteiger partial charge in [-0.15, -0.1) is 0 Å². The van der Waals surface area contributed by atoms with Crippen LogP contribution in [-0.2, 0) is 6.42 Å². The Morgan fingerprint density at radius 3 is 2.47 bits per heavy atom. The zero-order valence-corrected chi connectivity index (χ0v) is 9.22. The van der Waals surface area contributed by atoms with Gasteiger partial charge in [0.05, 0.1) is 6.33 Å². The second kappa shape index (κ2) is 4.30. The maximum atomic E-state index is 4.03. The van der Waals surface area contributed by atoms with Crippen molar-refractivity contribution in [2.45, 2.75) is 20.3 Å². The smallest absolute Gasteiger partial charge is 0.0991 e. The van der Waals surface area contributed by atoms with E-state index in [9.17, 15) is 0 Å². The molecule has 0 saturated carbocycles. The van der Waals surface area contributed by atoms with E-state index in [1.54, 1.807) is 6.20 Å². The summed E-state index contributed by atoms with van der Waals surface area (Å²) >= 11 is 0. The highest BCUT2D eigenvalue weighted by molar-refractivity contribution is 5.34. The molecule has 0 bridgehead atoms.